The minimum absolute atomic E-state index is 0.0650. The van der Waals surface area contributed by atoms with Gasteiger partial charge in [0.25, 0.3) is 5.56 Å². The third-order valence-electron chi connectivity index (χ3n) is 4.59. The van der Waals surface area contributed by atoms with Gasteiger partial charge in [-0.25, -0.2) is 0 Å². The zero-order valence-corrected chi connectivity index (χ0v) is 16.1. The summed E-state index contributed by atoms with van der Waals surface area (Å²) in [6.07, 6.45) is 2.54. The minimum atomic E-state index is -0.482. The number of aromatic nitrogens is 2. The standard InChI is InChI=1S/C17H18Cl3N3O2/c1-10-5-6-22(9-15(10)25-2)14-4-3-11(7-12(14)18)23-17(24)16(20)13(19)8-21-23/h3-4,7-8,10,15H,5-6,9H2,1-2H3. The van der Waals surface area contributed by atoms with E-state index in [-0.39, 0.29) is 16.1 Å². The predicted octanol–water partition coefficient (Wildman–Crippen LogP) is 4.05. The zero-order chi connectivity index (χ0) is 18.1. The molecule has 1 fully saturated rings. The highest BCUT2D eigenvalue weighted by molar-refractivity contribution is 6.41. The first-order valence-corrected chi connectivity index (χ1v) is 9.06. The molecule has 1 aromatic heterocycles. The van der Waals surface area contributed by atoms with Gasteiger partial charge in [-0.05, 0) is 30.5 Å². The Balaban J connectivity index is 1.92. The van der Waals surface area contributed by atoms with Gasteiger partial charge in [0.2, 0.25) is 0 Å². The molecule has 5 nitrogen and oxygen atoms in total. The summed E-state index contributed by atoms with van der Waals surface area (Å²) in [6.45, 7) is 3.88. The molecule has 0 amide bonds. The van der Waals surface area contributed by atoms with Crippen LogP contribution in [0.25, 0.3) is 5.69 Å². The van der Waals surface area contributed by atoms with Gasteiger partial charge < -0.3 is 9.64 Å². The molecule has 1 aliphatic rings. The quantitative estimate of drug-likeness (QED) is 0.777. The van der Waals surface area contributed by atoms with Crippen molar-refractivity contribution in [1.82, 2.24) is 9.78 Å². The van der Waals surface area contributed by atoms with E-state index in [1.165, 1.54) is 10.9 Å². The average molecular weight is 403 g/mol. The van der Waals surface area contributed by atoms with Crippen LogP contribution in [0.4, 0.5) is 5.69 Å². The van der Waals surface area contributed by atoms with E-state index in [9.17, 15) is 4.79 Å². The smallest absolute Gasteiger partial charge is 0.291 e. The number of hydrogen-bond donors (Lipinski definition) is 0. The molecule has 0 spiro atoms. The number of nitrogens with zero attached hydrogens (tertiary/aromatic N) is 3. The second-order valence-corrected chi connectivity index (χ2v) is 7.34. The molecule has 1 saturated heterocycles. The molecule has 0 saturated carbocycles. The number of hydrogen-bond acceptors (Lipinski definition) is 4. The van der Waals surface area contributed by atoms with Crippen LogP contribution in [0.3, 0.4) is 0 Å². The van der Waals surface area contributed by atoms with Gasteiger partial charge in [-0.15, -0.1) is 0 Å². The van der Waals surface area contributed by atoms with E-state index >= 15 is 0 Å². The van der Waals surface area contributed by atoms with E-state index in [4.69, 9.17) is 39.5 Å². The normalized spacial score (nSPS) is 20.8. The second-order valence-electron chi connectivity index (χ2n) is 6.15. The van der Waals surface area contributed by atoms with Crippen LogP contribution in [0.1, 0.15) is 13.3 Å². The van der Waals surface area contributed by atoms with Crippen molar-refractivity contribution in [3.63, 3.8) is 0 Å². The Labute approximate surface area is 161 Å². The molecule has 3 rings (SSSR count). The maximum Gasteiger partial charge on any atom is 0.291 e. The summed E-state index contributed by atoms with van der Waals surface area (Å²) in [6, 6.07) is 5.38. The van der Waals surface area contributed by atoms with Gasteiger partial charge in [-0.1, -0.05) is 41.7 Å². The lowest BCUT2D eigenvalue weighted by Crippen LogP contribution is -2.44. The highest BCUT2D eigenvalue weighted by Crippen LogP contribution is 2.32. The van der Waals surface area contributed by atoms with Crippen molar-refractivity contribution in [3.8, 4) is 5.69 Å². The van der Waals surface area contributed by atoms with Gasteiger partial charge in [-0.3, -0.25) is 4.79 Å². The molecular weight excluding hydrogens is 385 g/mol. The first-order chi connectivity index (χ1) is 11.9. The van der Waals surface area contributed by atoms with E-state index in [1.807, 2.05) is 6.07 Å². The topological polar surface area (TPSA) is 47.4 Å². The molecule has 0 aliphatic carbocycles. The van der Waals surface area contributed by atoms with E-state index in [2.05, 4.69) is 16.9 Å². The lowest BCUT2D eigenvalue weighted by Gasteiger charge is -2.38. The molecule has 8 heteroatoms. The molecule has 0 bridgehead atoms. The van der Waals surface area contributed by atoms with Crippen molar-refractivity contribution >= 4 is 40.5 Å². The third-order valence-corrected chi connectivity index (χ3v) is 5.64. The molecule has 2 atom stereocenters. The van der Waals surface area contributed by atoms with Crippen molar-refractivity contribution in [2.75, 3.05) is 25.1 Å². The summed E-state index contributed by atoms with van der Waals surface area (Å²) in [5, 5.41) is 4.62. The average Bonchev–Trinajstić information content (AvgIpc) is 2.60. The summed E-state index contributed by atoms with van der Waals surface area (Å²) in [5.41, 5.74) is 0.961. The molecule has 1 aromatic carbocycles. The fourth-order valence-corrected chi connectivity index (χ4v) is 3.59. The van der Waals surface area contributed by atoms with Gasteiger partial charge >= 0.3 is 0 Å². The molecule has 134 valence electrons. The van der Waals surface area contributed by atoms with Gasteiger partial charge in [0.05, 0.1) is 33.7 Å². The van der Waals surface area contributed by atoms with Crippen molar-refractivity contribution in [2.24, 2.45) is 5.92 Å². The highest BCUT2D eigenvalue weighted by Gasteiger charge is 2.27. The molecular formula is C17H18Cl3N3O2. The van der Waals surface area contributed by atoms with Crippen LogP contribution in [0.5, 0.6) is 0 Å². The van der Waals surface area contributed by atoms with Crippen LogP contribution in [0.15, 0.2) is 29.2 Å². The monoisotopic (exact) mass is 401 g/mol. The summed E-state index contributed by atoms with van der Waals surface area (Å²) in [4.78, 5) is 14.4. The SMILES string of the molecule is COC1CN(c2ccc(-n3ncc(Cl)c(Cl)c3=O)cc2Cl)CCC1C. The van der Waals surface area contributed by atoms with Crippen molar-refractivity contribution < 1.29 is 4.74 Å². The zero-order valence-electron chi connectivity index (χ0n) is 13.9. The van der Waals surface area contributed by atoms with E-state index in [0.29, 0.717) is 16.6 Å². The predicted molar refractivity (Wildman–Crippen MR) is 102 cm³/mol. The molecule has 2 aromatic rings. The molecule has 25 heavy (non-hydrogen) atoms. The fourth-order valence-electron chi connectivity index (χ4n) is 3.04. The third kappa shape index (κ3) is 3.65. The molecule has 0 radical (unpaired) electrons. The lowest BCUT2D eigenvalue weighted by molar-refractivity contribution is 0.0498. The Morgan fingerprint density at radius 3 is 2.68 bits per heavy atom. The maximum absolute atomic E-state index is 12.2. The van der Waals surface area contributed by atoms with E-state index in [1.54, 1.807) is 19.2 Å². The second kappa shape index (κ2) is 7.54. The molecule has 2 unspecified atom stereocenters. The number of rotatable bonds is 3. The van der Waals surface area contributed by atoms with Crippen molar-refractivity contribution in [3.05, 3.63) is 49.8 Å². The number of piperidine rings is 1. The van der Waals surface area contributed by atoms with Gasteiger partial charge in [-0.2, -0.15) is 9.78 Å². The van der Waals surface area contributed by atoms with Gasteiger partial charge in [0.15, 0.2) is 0 Å². The number of ether oxygens (including phenoxy) is 1. The van der Waals surface area contributed by atoms with E-state index in [0.717, 1.165) is 25.2 Å². The Morgan fingerprint density at radius 2 is 2.00 bits per heavy atom. The molecule has 0 N–H and O–H groups in total. The van der Waals surface area contributed by atoms with Crippen LogP contribution >= 0.6 is 34.8 Å². The summed E-state index contributed by atoms with van der Waals surface area (Å²) < 4.78 is 6.74. The number of halogens is 3. The Morgan fingerprint density at radius 1 is 1.24 bits per heavy atom. The summed E-state index contributed by atoms with van der Waals surface area (Å²) in [7, 11) is 1.73. The number of benzene rings is 1. The Bertz CT molecular complexity index is 840. The van der Waals surface area contributed by atoms with Crippen LogP contribution < -0.4 is 10.5 Å². The minimum Gasteiger partial charge on any atom is -0.379 e. The first kappa shape index (κ1) is 18.5. The first-order valence-electron chi connectivity index (χ1n) is 7.93. The number of methoxy groups -OCH3 is 1. The lowest BCUT2D eigenvalue weighted by atomic mass is 9.95. The molecule has 1 aliphatic heterocycles. The Kier molecular flexibility index (Phi) is 5.58. The van der Waals surface area contributed by atoms with Crippen LogP contribution in [0, 0.1) is 5.92 Å². The summed E-state index contributed by atoms with van der Waals surface area (Å²) in [5.74, 6) is 0.512. The van der Waals surface area contributed by atoms with Gasteiger partial charge in [0.1, 0.15) is 5.02 Å². The van der Waals surface area contributed by atoms with E-state index < -0.39 is 5.56 Å². The van der Waals surface area contributed by atoms with Crippen LogP contribution in [0.2, 0.25) is 15.1 Å². The number of anilines is 1. The largest absolute Gasteiger partial charge is 0.379 e. The summed E-state index contributed by atoms with van der Waals surface area (Å²) >= 11 is 18.2. The van der Waals surface area contributed by atoms with Crippen molar-refractivity contribution in [1.29, 1.82) is 0 Å². The van der Waals surface area contributed by atoms with Crippen LogP contribution in [-0.4, -0.2) is 36.1 Å². The van der Waals surface area contributed by atoms with Gasteiger partial charge in [0, 0.05) is 20.2 Å². The maximum atomic E-state index is 12.2. The molecule has 2 heterocycles. The Hall–Kier alpha value is -1.27. The highest BCUT2D eigenvalue weighted by atomic mass is 35.5. The van der Waals surface area contributed by atoms with Crippen molar-refractivity contribution in [2.45, 2.75) is 19.4 Å². The van der Waals surface area contributed by atoms with Crippen LogP contribution in [-0.2, 0) is 4.74 Å². The fraction of sp³-hybridized carbons (Fsp3) is 0.412.